The number of ether oxygens (including phenoxy) is 1. The van der Waals surface area contributed by atoms with Crippen molar-refractivity contribution in [3.8, 4) is 0 Å². The van der Waals surface area contributed by atoms with Crippen molar-refractivity contribution in [2.75, 3.05) is 7.11 Å². The number of esters is 1. The van der Waals surface area contributed by atoms with Crippen molar-refractivity contribution in [3.05, 3.63) is 33.1 Å². The van der Waals surface area contributed by atoms with Gasteiger partial charge < -0.3 is 14.6 Å². The van der Waals surface area contributed by atoms with Crippen LogP contribution in [0.15, 0.2) is 21.9 Å². The summed E-state index contributed by atoms with van der Waals surface area (Å²) < 4.78 is 6.41. The van der Waals surface area contributed by atoms with E-state index >= 15 is 0 Å². The molecule has 4 saturated carbocycles. The fraction of sp³-hybridized carbons (Fsp3) is 0.684. The number of nitrogens with one attached hydrogen (secondary N) is 2. The first-order chi connectivity index (χ1) is 12.8. The second-order valence-electron chi connectivity index (χ2n) is 8.61. The van der Waals surface area contributed by atoms with Crippen molar-refractivity contribution in [1.82, 2.24) is 14.9 Å². The summed E-state index contributed by atoms with van der Waals surface area (Å²) in [6.45, 7) is 0.201. The van der Waals surface area contributed by atoms with Crippen LogP contribution in [0.25, 0.3) is 0 Å². The molecule has 5 rings (SSSR count). The van der Waals surface area contributed by atoms with Gasteiger partial charge in [0.05, 0.1) is 12.5 Å². The lowest BCUT2D eigenvalue weighted by Crippen LogP contribution is -2.65. The van der Waals surface area contributed by atoms with Gasteiger partial charge in [0, 0.05) is 30.8 Å². The van der Waals surface area contributed by atoms with Crippen LogP contribution in [0.4, 0.5) is 0 Å². The highest BCUT2D eigenvalue weighted by Crippen LogP contribution is 2.62. The SMILES string of the molecule is COC(=O)C12C[C@H]3C[C@@H](CC(NC(=O)CCn4ccc(=O)[nH]c4=O)(C3)C1)C2. The lowest BCUT2D eigenvalue weighted by Gasteiger charge is -2.60. The van der Waals surface area contributed by atoms with Gasteiger partial charge in [-0.3, -0.25) is 19.4 Å². The van der Waals surface area contributed by atoms with Gasteiger partial charge in [0.25, 0.3) is 5.56 Å². The van der Waals surface area contributed by atoms with E-state index < -0.39 is 16.7 Å². The topological polar surface area (TPSA) is 110 Å². The van der Waals surface area contributed by atoms with Crippen LogP contribution in [0.5, 0.6) is 0 Å². The molecule has 146 valence electrons. The Hall–Kier alpha value is -2.38. The summed E-state index contributed by atoms with van der Waals surface area (Å²) in [5.74, 6) is 0.630. The van der Waals surface area contributed by atoms with E-state index in [9.17, 15) is 19.2 Å². The van der Waals surface area contributed by atoms with Gasteiger partial charge in [0.1, 0.15) is 0 Å². The highest BCUT2D eigenvalue weighted by molar-refractivity contribution is 5.79. The minimum absolute atomic E-state index is 0.130. The molecule has 0 aromatic carbocycles. The number of carbonyl (C=O) groups is 2. The Bertz CT molecular complexity index is 872. The molecule has 1 aromatic rings. The first-order valence-corrected chi connectivity index (χ1v) is 9.52. The lowest BCUT2D eigenvalue weighted by molar-refractivity contribution is -0.173. The minimum Gasteiger partial charge on any atom is -0.469 e. The molecule has 0 radical (unpaired) electrons. The second-order valence-corrected chi connectivity index (χ2v) is 8.61. The van der Waals surface area contributed by atoms with E-state index in [1.807, 2.05) is 0 Å². The molecule has 4 aliphatic rings. The first kappa shape index (κ1) is 18.0. The van der Waals surface area contributed by atoms with Crippen LogP contribution >= 0.6 is 0 Å². The zero-order valence-electron chi connectivity index (χ0n) is 15.5. The standard InChI is InChI=1S/C19H25N3O5/c1-27-16(25)18-7-12-6-13(8-18)10-19(9-12,11-18)21-15(24)3-5-22-4-2-14(23)20-17(22)26/h2,4,12-13H,3,5-11H2,1H3,(H,21,24)(H,20,23,26)/t12-,13-,18?,19?/m1/s1. The van der Waals surface area contributed by atoms with Gasteiger partial charge in [-0.05, 0) is 50.4 Å². The van der Waals surface area contributed by atoms with Crippen LogP contribution in [0.1, 0.15) is 44.9 Å². The molecule has 1 aromatic heterocycles. The average Bonchev–Trinajstić information content (AvgIpc) is 2.58. The molecule has 8 heteroatoms. The van der Waals surface area contributed by atoms with Crippen molar-refractivity contribution in [2.45, 2.75) is 57.0 Å². The van der Waals surface area contributed by atoms with E-state index in [0.717, 1.165) is 32.1 Å². The maximum Gasteiger partial charge on any atom is 0.328 e. The van der Waals surface area contributed by atoms with Gasteiger partial charge >= 0.3 is 11.7 Å². The predicted molar refractivity (Wildman–Crippen MR) is 95.9 cm³/mol. The molecule has 1 amide bonds. The number of rotatable bonds is 5. The maximum absolute atomic E-state index is 12.6. The van der Waals surface area contributed by atoms with Crippen LogP contribution in [-0.4, -0.2) is 34.1 Å². The predicted octanol–water partition coefficient (Wildman–Crippen LogP) is 0.555. The third kappa shape index (κ3) is 3.21. The van der Waals surface area contributed by atoms with E-state index in [2.05, 4.69) is 10.3 Å². The number of aromatic nitrogens is 2. The molecule has 2 atom stereocenters. The van der Waals surface area contributed by atoms with Crippen LogP contribution in [0.2, 0.25) is 0 Å². The summed E-state index contributed by atoms with van der Waals surface area (Å²) in [6, 6.07) is 1.26. The molecular weight excluding hydrogens is 350 g/mol. The number of hydrogen-bond donors (Lipinski definition) is 2. The molecule has 0 aliphatic heterocycles. The van der Waals surface area contributed by atoms with Gasteiger partial charge in [-0.25, -0.2) is 4.79 Å². The quantitative estimate of drug-likeness (QED) is 0.731. The normalized spacial score (nSPS) is 33.7. The Morgan fingerprint density at radius 3 is 2.59 bits per heavy atom. The minimum atomic E-state index is -0.519. The van der Waals surface area contributed by atoms with Gasteiger partial charge in [0.2, 0.25) is 5.91 Å². The lowest BCUT2D eigenvalue weighted by atomic mass is 9.47. The van der Waals surface area contributed by atoms with E-state index in [4.69, 9.17) is 4.74 Å². The van der Waals surface area contributed by atoms with Gasteiger partial charge in [-0.2, -0.15) is 0 Å². The van der Waals surface area contributed by atoms with E-state index in [1.165, 1.54) is 23.9 Å². The Labute approximate surface area is 156 Å². The molecule has 27 heavy (non-hydrogen) atoms. The Kier molecular flexibility index (Phi) is 4.24. The fourth-order valence-electron chi connectivity index (χ4n) is 6.06. The largest absolute Gasteiger partial charge is 0.469 e. The van der Waals surface area contributed by atoms with Crippen molar-refractivity contribution < 1.29 is 14.3 Å². The molecule has 0 saturated heterocycles. The molecule has 2 N–H and O–H groups in total. The summed E-state index contributed by atoms with van der Waals surface area (Å²) in [5.41, 5.74) is -1.77. The number of nitrogens with zero attached hydrogens (tertiary/aromatic N) is 1. The van der Waals surface area contributed by atoms with Crippen molar-refractivity contribution in [1.29, 1.82) is 0 Å². The Morgan fingerprint density at radius 2 is 1.96 bits per heavy atom. The summed E-state index contributed by atoms with van der Waals surface area (Å²) in [5, 5.41) is 3.20. The summed E-state index contributed by atoms with van der Waals surface area (Å²) in [7, 11) is 1.44. The molecule has 1 heterocycles. The summed E-state index contributed by atoms with van der Waals surface area (Å²) in [4.78, 5) is 50.1. The maximum atomic E-state index is 12.6. The van der Waals surface area contributed by atoms with Crippen LogP contribution < -0.4 is 16.6 Å². The molecule has 4 bridgehead atoms. The van der Waals surface area contributed by atoms with Gasteiger partial charge in [-0.1, -0.05) is 0 Å². The first-order valence-electron chi connectivity index (χ1n) is 9.52. The third-order valence-corrected chi connectivity index (χ3v) is 6.56. The summed E-state index contributed by atoms with van der Waals surface area (Å²) >= 11 is 0. The van der Waals surface area contributed by atoms with Crippen molar-refractivity contribution >= 4 is 11.9 Å². The fourth-order valence-corrected chi connectivity index (χ4v) is 6.06. The number of H-pyrrole nitrogens is 1. The summed E-state index contributed by atoms with van der Waals surface area (Å²) in [6.07, 6.45) is 6.85. The zero-order valence-corrected chi connectivity index (χ0v) is 15.5. The average molecular weight is 375 g/mol. The highest BCUT2D eigenvalue weighted by atomic mass is 16.5. The highest BCUT2D eigenvalue weighted by Gasteiger charge is 2.61. The smallest absolute Gasteiger partial charge is 0.328 e. The molecule has 4 aliphatic carbocycles. The molecule has 8 nitrogen and oxygen atoms in total. The number of aromatic amines is 1. The van der Waals surface area contributed by atoms with Crippen LogP contribution in [0.3, 0.4) is 0 Å². The number of methoxy groups -OCH3 is 1. The Balaban J connectivity index is 1.45. The second kappa shape index (κ2) is 6.35. The molecular formula is C19H25N3O5. The number of hydrogen-bond acceptors (Lipinski definition) is 5. The Morgan fingerprint density at radius 1 is 1.26 bits per heavy atom. The molecule has 0 unspecified atom stereocenters. The van der Waals surface area contributed by atoms with Crippen LogP contribution in [0, 0.1) is 17.3 Å². The number of amides is 1. The monoisotopic (exact) mass is 375 g/mol. The number of carbonyl (C=O) groups excluding carboxylic acids is 2. The van der Waals surface area contributed by atoms with E-state index in [0.29, 0.717) is 18.3 Å². The van der Waals surface area contributed by atoms with Crippen molar-refractivity contribution in [3.63, 3.8) is 0 Å². The van der Waals surface area contributed by atoms with E-state index in [-0.39, 0.29) is 30.4 Å². The zero-order chi connectivity index (χ0) is 19.2. The van der Waals surface area contributed by atoms with Gasteiger partial charge in [0.15, 0.2) is 0 Å². The molecule has 0 spiro atoms. The third-order valence-electron chi connectivity index (χ3n) is 6.56. The molecule has 4 fully saturated rings. The van der Waals surface area contributed by atoms with Crippen LogP contribution in [-0.2, 0) is 20.9 Å². The van der Waals surface area contributed by atoms with Gasteiger partial charge in [-0.15, -0.1) is 0 Å². The van der Waals surface area contributed by atoms with Crippen molar-refractivity contribution in [2.24, 2.45) is 17.3 Å². The van der Waals surface area contributed by atoms with E-state index in [1.54, 1.807) is 0 Å². The number of aryl methyl sites for hydroxylation is 1.